The number of nitrogens with one attached hydrogen (secondary N) is 2. The second kappa shape index (κ2) is 6.65. The number of nitrogens with zero attached hydrogens (tertiary/aromatic N) is 1. The lowest BCUT2D eigenvalue weighted by molar-refractivity contribution is -0.124. The lowest BCUT2D eigenvalue weighted by Crippen LogP contribution is -2.54. The number of rotatable bonds is 3. The number of benzene rings is 1. The van der Waals surface area contributed by atoms with Crippen LogP contribution in [-0.4, -0.2) is 37.6 Å². The summed E-state index contributed by atoms with van der Waals surface area (Å²) in [5.74, 6) is -0.0378. The van der Waals surface area contributed by atoms with Gasteiger partial charge in [0.15, 0.2) is 0 Å². The van der Waals surface area contributed by atoms with Crippen molar-refractivity contribution in [1.29, 1.82) is 0 Å². The second-order valence-corrected chi connectivity index (χ2v) is 6.34. The zero-order valence-corrected chi connectivity index (χ0v) is 13.1. The first kappa shape index (κ1) is 15.3. The molecule has 1 atom stereocenters. The molecule has 1 amide bonds. The number of anilines is 1. The Hall–Kier alpha value is -1.62. The molecule has 2 aliphatic rings. The molecule has 1 aromatic rings. The van der Waals surface area contributed by atoms with Crippen LogP contribution in [-0.2, 0) is 4.79 Å². The topological polar surface area (TPSA) is 44.4 Å². The normalized spacial score (nSPS) is 23.5. The molecule has 0 radical (unpaired) electrons. The molecule has 5 heteroatoms. The van der Waals surface area contributed by atoms with Crippen LogP contribution >= 0.6 is 0 Å². The monoisotopic (exact) mass is 305 g/mol. The minimum Gasteiger partial charge on any atom is -0.371 e. The van der Waals surface area contributed by atoms with E-state index >= 15 is 0 Å². The summed E-state index contributed by atoms with van der Waals surface area (Å²) < 4.78 is 13.2. The molecule has 0 aromatic heterocycles. The first-order valence-corrected chi connectivity index (χ1v) is 8.18. The highest BCUT2D eigenvalue weighted by Crippen LogP contribution is 2.24. The van der Waals surface area contributed by atoms with Crippen LogP contribution in [0, 0.1) is 12.7 Å². The maximum Gasteiger partial charge on any atom is 0.237 e. The SMILES string of the molecule is Cc1cc(F)ccc1N1CCC(N[C@H]2CCCNC2=O)CC1. The average Bonchev–Trinajstić information content (AvgIpc) is 2.51. The van der Waals surface area contributed by atoms with Crippen molar-refractivity contribution in [2.24, 2.45) is 0 Å². The Balaban J connectivity index is 1.55. The summed E-state index contributed by atoms with van der Waals surface area (Å²) in [7, 11) is 0. The van der Waals surface area contributed by atoms with Crippen LogP contribution in [0.5, 0.6) is 0 Å². The number of carbonyl (C=O) groups is 1. The molecule has 22 heavy (non-hydrogen) atoms. The standard InChI is InChI=1S/C17H24FN3O/c1-12-11-13(18)4-5-16(12)21-9-6-14(7-10-21)20-15-3-2-8-19-17(15)22/h4-5,11,14-15,20H,2-3,6-10H2,1H3,(H,19,22)/t15-/m0/s1. The Kier molecular flexibility index (Phi) is 4.62. The maximum atomic E-state index is 13.2. The van der Waals surface area contributed by atoms with Crippen LogP contribution in [0.15, 0.2) is 18.2 Å². The highest BCUT2D eigenvalue weighted by atomic mass is 19.1. The van der Waals surface area contributed by atoms with E-state index in [-0.39, 0.29) is 17.8 Å². The Morgan fingerprint density at radius 3 is 2.73 bits per heavy atom. The van der Waals surface area contributed by atoms with Gasteiger partial charge in [-0.05, 0) is 56.4 Å². The Morgan fingerprint density at radius 1 is 1.27 bits per heavy atom. The van der Waals surface area contributed by atoms with Crippen LogP contribution in [0.1, 0.15) is 31.2 Å². The molecule has 2 aliphatic heterocycles. The molecule has 0 aliphatic carbocycles. The minimum atomic E-state index is -0.180. The molecule has 3 rings (SSSR count). The van der Waals surface area contributed by atoms with Crippen LogP contribution in [0.4, 0.5) is 10.1 Å². The summed E-state index contributed by atoms with van der Waals surface area (Å²) in [5.41, 5.74) is 2.10. The number of piperidine rings is 2. The molecule has 0 bridgehead atoms. The quantitative estimate of drug-likeness (QED) is 0.897. The van der Waals surface area contributed by atoms with Gasteiger partial charge in [0.1, 0.15) is 5.82 Å². The average molecular weight is 305 g/mol. The molecule has 0 spiro atoms. The molecule has 2 saturated heterocycles. The lowest BCUT2D eigenvalue weighted by Gasteiger charge is -2.37. The Bertz CT molecular complexity index is 541. The summed E-state index contributed by atoms with van der Waals surface area (Å²) in [5, 5.41) is 6.43. The van der Waals surface area contributed by atoms with Gasteiger partial charge in [-0.1, -0.05) is 0 Å². The third-order valence-electron chi connectivity index (χ3n) is 4.72. The molecular formula is C17H24FN3O. The van der Waals surface area contributed by atoms with Crippen LogP contribution < -0.4 is 15.5 Å². The fourth-order valence-corrected chi connectivity index (χ4v) is 3.48. The zero-order valence-electron chi connectivity index (χ0n) is 13.1. The van der Waals surface area contributed by atoms with Gasteiger partial charge in [0.05, 0.1) is 6.04 Å². The van der Waals surface area contributed by atoms with Gasteiger partial charge < -0.3 is 15.5 Å². The summed E-state index contributed by atoms with van der Waals surface area (Å²) in [6, 6.07) is 5.35. The van der Waals surface area contributed by atoms with Crippen molar-refractivity contribution in [2.45, 2.75) is 44.7 Å². The van der Waals surface area contributed by atoms with Gasteiger partial charge in [0, 0.05) is 31.4 Å². The van der Waals surface area contributed by atoms with Crippen molar-refractivity contribution in [3.63, 3.8) is 0 Å². The molecule has 2 N–H and O–H groups in total. The van der Waals surface area contributed by atoms with Gasteiger partial charge in [0.2, 0.25) is 5.91 Å². The van der Waals surface area contributed by atoms with Gasteiger partial charge in [-0.3, -0.25) is 4.79 Å². The van der Waals surface area contributed by atoms with E-state index in [0.29, 0.717) is 6.04 Å². The fourth-order valence-electron chi connectivity index (χ4n) is 3.48. The van der Waals surface area contributed by atoms with E-state index < -0.39 is 0 Å². The van der Waals surface area contributed by atoms with E-state index in [4.69, 9.17) is 0 Å². The van der Waals surface area contributed by atoms with Crippen molar-refractivity contribution in [2.75, 3.05) is 24.5 Å². The molecule has 2 fully saturated rings. The van der Waals surface area contributed by atoms with Gasteiger partial charge in [-0.25, -0.2) is 4.39 Å². The van der Waals surface area contributed by atoms with E-state index in [0.717, 1.165) is 56.6 Å². The van der Waals surface area contributed by atoms with Crippen LogP contribution in [0.3, 0.4) is 0 Å². The van der Waals surface area contributed by atoms with Crippen LogP contribution in [0.25, 0.3) is 0 Å². The van der Waals surface area contributed by atoms with E-state index in [9.17, 15) is 9.18 Å². The number of amides is 1. The zero-order chi connectivity index (χ0) is 15.5. The van der Waals surface area contributed by atoms with Crippen molar-refractivity contribution in [3.8, 4) is 0 Å². The third kappa shape index (κ3) is 3.40. The summed E-state index contributed by atoms with van der Waals surface area (Å²) in [6.07, 6.45) is 4.02. The van der Waals surface area contributed by atoms with Gasteiger partial charge >= 0.3 is 0 Å². The number of hydrogen-bond donors (Lipinski definition) is 2. The van der Waals surface area contributed by atoms with E-state index in [2.05, 4.69) is 15.5 Å². The van der Waals surface area contributed by atoms with Crippen molar-refractivity contribution >= 4 is 11.6 Å². The van der Waals surface area contributed by atoms with E-state index in [1.54, 1.807) is 6.07 Å². The predicted octanol–water partition coefficient (Wildman–Crippen LogP) is 1.97. The summed E-state index contributed by atoms with van der Waals surface area (Å²) in [4.78, 5) is 14.1. The summed E-state index contributed by atoms with van der Waals surface area (Å²) in [6.45, 7) is 4.64. The molecule has 120 valence electrons. The highest BCUT2D eigenvalue weighted by molar-refractivity contribution is 5.82. The van der Waals surface area contributed by atoms with Crippen molar-refractivity contribution in [3.05, 3.63) is 29.6 Å². The summed E-state index contributed by atoms with van der Waals surface area (Å²) >= 11 is 0. The van der Waals surface area contributed by atoms with Gasteiger partial charge in [0.25, 0.3) is 0 Å². The molecule has 1 aromatic carbocycles. The number of carbonyl (C=O) groups excluding carboxylic acids is 1. The number of halogens is 1. The molecule has 0 unspecified atom stereocenters. The maximum absolute atomic E-state index is 13.2. The van der Waals surface area contributed by atoms with Crippen LogP contribution in [0.2, 0.25) is 0 Å². The molecule has 0 saturated carbocycles. The van der Waals surface area contributed by atoms with E-state index in [1.165, 1.54) is 6.07 Å². The predicted molar refractivity (Wildman–Crippen MR) is 85.5 cm³/mol. The number of aryl methyl sites for hydroxylation is 1. The first-order chi connectivity index (χ1) is 10.6. The van der Waals surface area contributed by atoms with Crippen molar-refractivity contribution < 1.29 is 9.18 Å². The van der Waals surface area contributed by atoms with Gasteiger partial charge in [-0.15, -0.1) is 0 Å². The second-order valence-electron chi connectivity index (χ2n) is 6.34. The first-order valence-electron chi connectivity index (χ1n) is 8.18. The van der Waals surface area contributed by atoms with Gasteiger partial charge in [-0.2, -0.15) is 0 Å². The smallest absolute Gasteiger partial charge is 0.237 e. The minimum absolute atomic E-state index is 0.0298. The van der Waals surface area contributed by atoms with Crippen molar-refractivity contribution in [1.82, 2.24) is 10.6 Å². The highest BCUT2D eigenvalue weighted by Gasteiger charge is 2.27. The molecule has 2 heterocycles. The Morgan fingerprint density at radius 2 is 2.05 bits per heavy atom. The molecule has 4 nitrogen and oxygen atoms in total. The fraction of sp³-hybridized carbons (Fsp3) is 0.588. The number of hydrogen-bond acceptors (Lipinski definition) is 3. The largest absolute Gasteiger partial charge is 0.371 e. The third-order valence-corrected chi connectivity index (χ3v) is 4.72. The Labute approximate surface area is 131 Å². The van der Waals surface area contributed by atoms with E-state index in [1.807, 2.05) is 13.0 Å². The molecular weight excluding hydrogens is 281 g/mol. The lowest BCUT2D eigenvalue weighted by atomic mass is 9.99.